The van der Waals surface area contributed by atoms with Gasteiger partial charge in [0, 0.05) is 18.3 Å². The molecule has 0 fully saturated rings. The molecule has 0 saturated carbocycles. The number of rotatable bonds is 4. The number of hydrogen-bond donors (Lipinski definition) is 2. The summed E-state index contributed by atoms with van der Waals surface area (Å²) in [4.78, 5) is -0.0807. The standard InChI is InChI=1S/C10H15N5O3S/c1-4-15-5-8(9(11)12-15)19(16,17)14-10-6(2)7(3)13-18-10/h5,14H,4H2,1-3H3,(H2,11,12). The molecule has 0 aliphatic carbocycles. The van der Waals surface area contributed by atoms with E-state index in [4.69, 9.17) is 10.3 Å². The maximum Gasteiger partial charge on any atom is 0.269 e. The Labute approximate surface area is 110 Å². The van der Waals surface area contributed by atoms with Gasteiger partial charge in [-0.2, -0.15) is 5.10 Å². The number of nitrogens with zero attached hydrogens (tertiary/aromatic N) is 3. The number of aromatic nitrogens is 3. The van der Waals surface area contributed by atoms with Crippen molar-refractivity contribution in [3.8, 4) is 0 Å². The first-order valence-corrected chi connectivity index (χ1v) is 7.12. The Balaban J connectivity index is 2.37. The molecule has 2 aromatic heterocycles. The first-order valence-electron chi connectivity index (χ1n) is 5.63. The number of aryl methyl sites for hydroxylation is 2. The molecule has 8 nitrogen and oxygen atoms in total. The van der Waals surface area contributed by atoms with Crippen LogP contribution >= 0.6 is 0 Å². The SMILES string of the molecule is CCn1cc(S(=O)(=O)Nc2onc(C)c2C)c(N)n1. The van der Waals surface area contributed by atoms with Crippen LogP contribution in [-0.2, 0) is 16.6 Å². The maximum absolute atomic E-state index is 12.2. The van der Waals surface area contributed by atoms with Gasteiger partial charge in [0.2, 0.25) is 5.88 Å². The van der Waals surface area contributed by atoms with Gasteiger partial charge >= 0.3 is 0 Å². The molecule has 0 saturated heterocycles. The van der Waals surface area contributed by atoms with E-state index >= 15 is 0 Å². The summed E-state index contributed by atoms with van der Waals surface area (Å²) >= 11 is 0. The predicted octanol–water partition coefficient (Wildman–Crippen LogP) is 0.891. The van der Waals surface area contributed by atoms with Gasteiger partial charge in [0.15, 0.2) is 5.82 Å². The smallest absolute Gasteiger partial charge is 0.269 e. The minimum absolute atomic E-state index is 0.0526. The van der Waals surface area contributed by atoms with Crippen molar-refractivity contribution >= 4 is 21.7 Å². The van der Waals surface area contributed by atoms with Crippen LogP contribution in [0.2, 0.25) is 0 Å². The number of nitrogens with one attached hydrogen (secondary N) is 1. The van der Waals surface area contributed by atoms with Crippen molar-refractivity contribution in [2.24, 2.45) is 0 Å². The van der Waals surface area contributed by atoms with Gasteiger partial charge in [-0.3, -0.25) is 4.68 Å². The van der Waals surface area contributed by atoms with Crippen molar-refractivity contribution in [3.63, 3.8) is 0 Å². The monoisotopic (exact) mass is 285 g/mol. The molecule has 3 N–H and O–H groups in total. The molecule has 2 heterocycles. The normalized spacial score (nSPS) is 11.7. The maximum atomic E-state index is 12.2. The average molecular weight is 285 g/mol. The molecule has 0 bridgehead atoms. The van der Waals surface area contributed by atoms with Gasteiger partial charge in [0.05, 0.1) is 5.69 Å². The summed E-state index contributed by atoms with van der Waals surface area (Å²) in [6.45, 7) is 5.79. The van der Waals surface area contributed by atoms with Crippen LogP contribution in [-0.4, -0.2) is 23.4 Å². The summed E-state index contributed by atoms with van der Waals surface area (Å²) in [5.74, 6) is 0.0318. The molecule has 0 aliphatic rings. The lowest BCUT2D eigenvalue weighted by atomic mass is 10.3. The lowest BCUT2D eigenvalue weighted by Gasteiger charge is -2.03. The molecular weight excluding hydrogens is 270 g/mol. The molecule has 0 radical (unpaired) electrons. The van der Waals surface area contributed by atoms with Gasteiger partial charge < -0.3 is 10.3 Å². The van der Waals surface area contributed by atoms with E-state index in [2.05, 4.69) is 15.0 Å². The zero-order valence-corrected chi connectivity index (χ0v) is 11.7. The van der Waals surface area contributed by atoms with E-state index in [9.17, 15) is 8.42 Å². The van der Waals surface area contributed by atoms with Crippen molar-refractivity contribution in [1.29, 1.82) is 0 Å². The second kappa shape index (κ2) is 4.57. The van der Waals surface area contributed by atoms with Gasteiger partial charge in [-0.1, -0.05) is 5.16 Å². The van der Waals surface area contributed by atoms with E-state index in [-0.39, 0.29) is 16.6 Å². The summed E-state index contributed by atoms with van der Waals surface area (Å²) in [5, 5.41) is 7.58. The average Bonchev–Trinajstić information content (AvgIpc) is 2.87. The fraction of sp³-hybridized carbons (Fsp3) is 0.400. The Kier molecular flexibility index (Phi) is 3.23. The predicted molar refractivity (Wildman–Crippen MR) is 69.1 cm³/mol. The third kappa shape index (κ3) is 2.41. The van der Waals surface area contributed by atoms with Gasteiger partial charge in [0.1, 0.15) is 4.90 Å². The second-order valence-corrected chi connectivity index (χ2v) is 5.71. The number of nitrogen functional groups attached to an aromatic ring is 1. The summed E-state index contributed by atoms with van der Waals surface area (Å²) in [6.07, 6.45) is 1.37. The molecule has 19 heavy (non-hydrogen) atoms. The van der Waals surface area contributed by atoms with Gasteiger partial charge in [-0.15, -0.1) is 0 Å². The van der Waals surface area contributed by atoms with E-state index in [0.717, 1.165) is 0 Å². The zero-order valence-electron chi connectivity index (χ0n) is 10.8. The molecule has 104 valence electrons. The van der Waals surface area contributed by atoms with E-state index < -0.39 is 10.0 Å². The molecular formula is C10H15N5O3S. The second-order valence-electron chi connectivity index (χ2n) is 4.06. The van der Waals surface area contributed by atoms with Crippen LogP contribution in [0.15, 0.2) is 15.6 Å². The fourth-order valence-corrected chi connectivity index (χ4v) is 2.60. The Morgan fingerprint density at radius 3 is 2.63 bits per heavy atom. The minimum atomic E-state index is -3.83. The van der Waals surface area contributed by atoms with Crippen LogP contribution in [0, 0.1) is 13.8 Å². The molecule has 2 rings (SSSR count). The van der Waals surface area contributed by atoms with Crippen LogP contribution in [0.1, 0.15) is 18.2 Å². The van der Waals surface area contributed by atoms with E-state index in [0.29, 0.717) is 17.8 Å². The third-order valence-electron chi connectivity index (χ3n) is 2.75. The van der Waals surface area contributed by atoms with Crippen LogP contribution in [0.5, 0.6) is 0 Å². The van der Waals surface area contributed by atoms with Crippen molar-refractivity contribution in [1.82, 2.24) is 14.9 Å². The molecule has 9 heteroatoms. The first-order chi connectivity index (χ1) is 8.85. The van der Waals surface area contributed by atoms with E-state index in [1.54, 1.807) is 13.8 Å². The Hall–Kier alpha value is -2.03. The van der Waals surface area contributed by atoms with Crippen molar-refractivity contribution < 1.29 is 12.9 Å². The Morgan fingerprint density at radius 2 is 2.16 bits per heavy atom. The Bertz CT molecular complexity index is 701. The number of anilines is 2. The van der Waals surface area contributed by atoms with Crippen molar-refractivity contribution in [2.75, 3.05) is 10.5 Å². The van der Waals surface area contributed by atoms with Gasteiger partial charge in [-0.25, -0.2) is 13.1 Å². The molecule has 2 aromatic rings. The van der Waals surface area contributed by atoms with Gasteiger partial charge in [-0.05, 0) is 20.8 Å². The van der Waals surface area contributed by atoms with Crippen LogP contribution in [0.3, 0.4) is 0 Å². The van der Waals surface area contributed by atoms with Crippen LogP contribution in [0.4, 0.5) is 11.7 Å². The fourth-order valence-electron chi connectivity index (χ4n) is 1.47. The molecule has 0 unspecified atom stereocenters. The first kappa shape index (κ1) is 13.4. The number of hydrogen-bond acceptors (Lipinski definition) is 6. The van der Waals surface area contributed by atoms with E-state index in [1.165, 1.54) is 10.9 Å². The summed E-state index contributed by atoms with van der Waals surface area (Å²) in [5.41, 5.74) is 6.85. The molecule has 0 amide bonds. The molecule has 0 spiro atoms. The van der Waals surface area contributed by atoms with Crippen LogP contribution in [0.25, 0.3) is 0 Å². The largest absolute Gasteiger partial charge is 0.381 e. The van der Waals surface area contributed by atoms with Crippen molar-refractivity contribution in [3.05, 3.63) is 17.5 Å². The Morgan fingerprint density at radius 1 is 1.47 bits per heavy atom. The van der Waals surface area contributed by atoms with Crippen molar-refractivity contribution in [2.45, 2.75) is 32.2 Å². The van der Waals surface area contributed by atoms with E-state index in [1.807, 2.05) is 6.92 Å². The summed E-state index contributed by atoms with van der Waals surface area (Å²) in [6, 6.07) is 0. The molecule has 0 aromatic carbocycles. The highest BCUT2D eigenvalue weighted by molar-refractivity contribution is 7.92. The lowest BCUT2D eigenvalue weighted by Crippen LogP contribution is -2.14. The molecule has 0 atom stereocenters. The summed E-state index contributed by atoms with van der Waals surface area (Å²) < 4.78 is 33.0. The quantitative estimate of drug-likeness (QED) is 0.861. The molecule has 0 aliphatic heterocycles. The topological polar surface area (TPSA) is 116 Å². The van der Waals surface area contributed by atoms with Gasteiger partial charge in [0.25, 0.3) is 10.0 Å². The third-order valence-corrected chi connectivity index (χ3v) is 4.10. The number of nitrogens with two attached hydrogens (primary N) is 1. The number of sulfonamides is 1. The minimum Gasteiger partial charge on any atom is -0.381 e. The highest BCUT2D eigenvalue weighted by Crippen LogP contribution is 2.23. The summed E-state index contributed by atoms with van der Waals surface area (Å²) in [7, 11) is -3.83. The zero-order chi connectivity index (χ0) is 14.2. The lowest BCUT2D eigenvalue weighted by molar-refractivity contribution is 0.430. The highest BCUT2D eigenvalue weighted by Gasteiger charge is 2.24. The van der Waals surface area contributed by atoms with Crippen LogP contribution < -0.4 is 10.5 Å². The highest BCUT2D eigenvalue weighted by atomic mass is 32.2.